The zero-order valence-electron chi connectivity index (χ0n) is 10.5. The first-order chi connectivity index (χ1) is 8.88. The molecule has 0 aromatic heterocycles. The van der Waals surface area contributed by atoms with Gasteiger partial charge in [0, 0.05) is 24.8 Å². The average molecular weight is 239 g/mol. The molecule has 0 amide bonds. The van der Waals surface area contributed by atoms with E-state index >= 15 is 0 Å². The Morgan fingerprint density at radius 3 is 2.50 bits per heavy atom. The summed E-state index contributed by atoms with van der Waals surface area (Å²) in [5, 5.41) is 3.60. The second-order valence-electron chi connectivity index (χ2n) is 4.65. The molecule has 0 radical (unpaired) electrons. The van der Waals surface area contributed by atoms with Gasteiger partial charge in [-0.25, -0.2) is 0 Å². The summed E-state index contributed by atoms with van der Waals surface area (Å²) in [5.74, 6) is 0. The second-order valence-corrected chi connectivity index (χ2v) is 4.65. The van der Waals surface area contributed by atoms with E-state index < -0.39 is 0 Å². The topological polar surface area (TPSA) is 21.3 Å². The summed E-state index contributed by atoms with van der Waals surface area (Å²) in [5.41, 5.74) is 3.76. The quantitative estimate of drug-likeness (QED) is 0.857. The van der Waals surface area contributed by atoms with Crippen LogP contribution in [-0.4, -0.2) is 7.11 Å². The third-order valence-electron chi connectivity index (χ3n) is 3.57. The number of hydrogen-bond donors (Lipinski definition) is 1. The van der Waals surface area contributed by atoms with Crippen LogP contribution < -0.4 is 5.32 Å². The number of ether oxygens (including phenoxy) is 1. The fourth-order valence-corrected chi connectivity index (χ4v) is 2.62. The van der Waals surface area contributed by atoms with Crippen LogP contribution in [0.2, 0.25) is 0 Å². The highest BCUT2D eigenvalue weighted by Gasteiger charge is 2.26. The van der Waals surface area contributed by atoms with Gasteiger partial charge < -0.3 is 10.1 Å². The number of methoxy groups -OCH3 is 1. The normalized spacial score (nSPS) is 22.1. The summed E-state index contributed by atoms with van der Waals surface area (Å²) in [6.45, 7) is 0. The molecule has 92 valence electrons. The molecule has 1 aliphatic rings. The van der Waals surface area contributed by atoms with Crippen molar-refractivity contribution in [2.45, 2.75) is 18.6 Å². The molecule has 2 aromatic rings. The third-order valence-corrected chi connectivity index (χ3v) is 3.57. The van der Waals surface area contributed by atoms with Crippen LogP contribution in [0.15, 0.2) is 54.6 Å². The molecule has 18 heavy (non-hydrogen) atoms. The van der Waals surface area contributed by atoms with Crippen molar-refractivity contribution in [2.24, 2.45) is 0 Å². The zero-order chi connectivity index (χ0) is 12.4. The molecule has 3 rings (SSSR count). The number of nitrogens with one attached hydrogen (secondary N) is 1. The van der Waals surface area contributed by atoms with Crippen LogP contribution >= 0.6 is 0 Å². The predicted octanol–water partition coefficient (Wildman–Crippen LogP) is 3.93. The number of anilines is 1. The Labute approximate surface area is 108 Å². The largest absolute Gasteiger partial charge is 0.378 e. The van der Waals surface area contributed by atoms with Crippen molar-refractivity contribution in [3.63, 3.8) is 0 Å². The smallest absolute Gasteiger partial charge is 0.0863 e. The van der Waals surface area contributed by atoms with Gasteiger partial charge in [-0.15, -0.1) is 0 Å². The molecule has 1 heterocycles. The van der Waals surface area contributed by atoms with Crippen molar-refractivity contribution in [1.29, 1.82) is 0 Å². The first-order valence-corrected chi connectivity index (χ1v) is 6.31. The fourth-order valence-electron chi connectivity index (χ4n) is 2.62. The molecule has 2 aromatic carbocycles. The van der Waals surface area contributed by atoms with Gasteiger partial charge in [0.25, 0.3) is 0 Å². The van der Waals surface area contributed by atoms with Gasteiger partial charge in [0.05, 0.1) is 12.1 Å². The van der Waals surface area contributed by atoms with Crippen molar-refractivity contribution in [2.75, 3.05) is 12.4 Å². The Morgan fingerprint density at radius 2 is 1.72 bits per heavy atom. The Balaban J connectivity index is 1.95. The van der Waals surface area contributed by atoms with Crippen molar-refractivity contribution in [3.05, 3.63) is 65.7 Å². The van der Waals surface area contributed by atoms with E-state index in [-0.39, 0.29) is 6.10 Å². The van der Waals surface area contributed by atoms with Crippen molar-refractivity contribution in [1.82, 2.24) is 0 Å². The number of rotatable bonds is 2. The maximum atomic E-state index is 5.63. The molecular weight excluding hydrogens is 222 g/mol. The summed E-state index contributed by atoms with van der Waals surface area (Å²) in [7, 11) is 1.79. The molecule has 0 aliphatic carbocycles. The first kappa shape index (κ1) is 11.3. The fraction of sp³-hybridized carbons (Fsp3) is 0.250. The molecule has 0 unspecified atom stereocenters. The highest BCUT2D eigenvalue weighted by molar-refractivity contribution is 5.56. The van der Waals surface area contributed by atoms with Crippen molar-refractivity contribution < 1.29 is 4.74 Å². The Morgan fingerprint density at radius 1 is 1.00 bits per heavy atom. The number of benzene rings is 2. The Bertz CT molecular complexity index is 524. The maximum absolute atomic E-state index is 5.63. The summed E-state index contributed by atoms with van der Waals surface area (Å²) < 4.78 is 5.63. The molecule has 1 aliphatic heterocycles. The maximum Gasteiger partial charge on any atom is 0.0863 e. The Kier molecular flexibility index (Phi) is 3.03. The van der Waals surface area contributed by atoms with E-state index in [0.29, 0.717) is 6.04 Å². The zero-order valence-corrected chi connectivity index (χ0v) is 10.5. The van der Waals surface area contributed by atoms with E-state index in [2.05, 4.69) is 53.8 Å². The average Bonchev–Trinajstić information content (AvgIpc) is 2.47. The van der Waals surface area contributed by atoms with Crippen LogP contribution in [0, 0.1) is 0 Å². The summed E-state index contributed by atoms with van der Waals surface area (Å²) >= 11 is 0. The number of fused-ring (bicyclic) bond motifs is 1. The molecule has 2 nitrogen and oxygen atoms in total. The summed E-state index contributed by atoms with van der Waals surface area (Å²) in [6.07, 6.45) is 1.14. The van der Waals surface area contributed by atoms with Crippen LogP contribution in [0.1, 0.15) is 29.7 Å². The second kappa shape index (κ2) is 4.83. The van der Waals surface area contributed by atoms with Gasteiger partial charge >= 0.3 is 0 Å². The molecule has 2 atom stereocenters. The minimum Gasteiger partial charge on any atom is -0.378 e. The van der Waals surface area contributed by atoms with Crippen LogP contribution in [0.25, 0.3) is 0 Å². The van der Waals surface area contributed by atoms with E-state index in [4.69, 9.17) is 4.74 Å². The first-order valence-electron chi connectivity index (χ1n) is 6.31. The molecule has 0 spiro atoms. The van der Waals surface area contributed by atoms with Gasteiger partial charge in [-0.3, -0.25) is 0 Å². The molecule has 0 saturated heterocycles. The highest BCUT2D eigenvalue weighted by Crippen LogP contribution is 2.40. The molecule has 0 fully saturated rings. The summed E-state index contributed by atoms with van der Waals surface area (Å²) in [6, 6.07) is 19.3. The minimum absolute atomic E-state index is 0.174. The standard InChI is InChI=1S/C16H17NO/c1-18-16-11-15(12-7-3-2-4-8-12)17-14-10-6-5-9-13(14)16/h2-10,15-17H,11H2,1H3/t15-,16-/m0/s1. The summed E-state index contributed by atoms with van der Waals surface area (Å²) in [4.78, 5) is 0. The van der Waals surface area contributed by atoms with Crippen molar-refractivity contribution >= 4 is 5.69 Å². The van der Waals surface area contributed by atoms with Crippen LogP contribution in [0.5, 0.6) is 0 Å². The van der Waals surface area contributed by atoms with Gasteiger partial charge in [0.15, 0.2) is 0 Å². The van der Waals surface area contributed by atoms with Gasteiger partial charge in [0.1, 0.15) is 0 Å². The molecular formula is C16H17NO. The van der Waals surface area contributed by atoms with E-state index in [0.717, 1.165) is 6.42 Å². The third kappa shape index (κ3) is 2.00. The van der Waals surface area contributed by atoms with Gasteiger partial charge in [0.2, 0.25) is 0 Å². The van der Waals surface area contributed by atoms with Gasteiger partial charge in [-0.05, 0) is 11.6 Å². The van der Waals surface area contributed by atoms with Gasteiger partial charge in [-0.1, -0.05) is 48.5 Å². The molecule has 0 bridgehead atoms. The minimum atomic E-state index is 0.174. The van der Waals surface area contributed by atoms with E-state index in [1.807, 2.05) is 6.07 Å². The van der Waals surface area contributed by atoms with Crippen molar-refractivity contribution in [3.8, 4) is 0 Å². The van der Waals surface area contributed by atoms with E-state index in [9.17, 15) is 0 Å². The lowest BCUT2D eigenvalue weighted by atomic mass is 9.91. The van der Waals surface area contributed by atoms with Crippen LogP contribution in [0.3, 0.4) is 0 Å². The van der Waals surface area contributed by atoms with Crippen LogP contribution in [-0.2, 0) is 4.74 Å². The SMILES string of the molecule is CO[C@H]1C[C@@H](c2ccccc2)Nc2ccccc21. The lowest BCUT2D eigenvalue weighted by Gasteiger charge is -2.32. The Hall–Kier alpha value is -1.80. The number of para-hydroxylation sites is 1. The number of hydrogen-bond acceptors (Lipinski definition) is 2. The molecule has 0 saturated carbocycles. The predicted molar refractivity (Wildman–Crippen MR) is 73.6 cm³/mol. The van der Waals surface area contributed by atoms with E-state index in [1.54, 1.807) is 7.11 Å². The lowest BCUT2D eigenvalue weighted by molar-refractivity contribution is 0.0879. The monoisotopic (exact) mass is 239 g/mol. The van der Waals surface area contributed by atoms with Crippen LogP contribution in [0.4, 0.5) is 5.69 Å². The molecule has 1 N–H and O–H groups in total. The van der Waals surface area contributed by atoms with E-state index in [1.165, 1.54) is 16.8 Å². The highest BCUT2D eigenvalue weighted by atomic mass is 16.5. The van der Waals surface area contributed by atoms with Gasteiger partial charge in [-0.2, -0.15) is 0 Å². The molecule has 2 heteroatoms. The lowest BCUT2D eigenvalue weighted by Crippen LogP contribution is -2.22.